The van der Waals surface area contributed by atoms with Crippen molar-refractivity contribution in [2.24, 2.45) is 5.92 Å². The molecule has 0 unspecified atom stereocenters. The summed E-state index contributed by atoms with van der Waals surface area (Å²) in [4.78, 5) is 14.8. The van der Waals surface area contributed by atoms with Crippen molar-refractivity contribution >= 4 is 5.91 Å². The van der Waals surface area contributed by atoms with Crippen LogP contribution in [0.3, 0.4) is 0 Å². The Morgan fingerprint density at radius 1 is 1.00 bits per heavy atom. The van der Waals surface area contributed by atoms with Gasteiger partial charge in [-0.05, 0) is 44.4 Å². The molecule has 1 heterocycles. The number of likely N-dealkylation sites (tertiary alicyclic amines) is 1. The lowest BCUT2D eigenvalue weighted by atomic mass is 9.88. The molecule has 0 radical (unpaired) electrons. The zero-order valence-electron chi connectivity index (χ0n) is 14.6. The second-order valence-corrected chi connectivity index (χ2v) is 8.25. The van der Waals surface area contributed by atoms with E-state index < -0.39 is 5.60 Å². The Balaban J connectivity index is 1.34. The van der Waals surface area contributed by atoms with Gasteiger partial charge in [-0.25, -0.2) is 0 Å². The van der Waals surface area contributed by atoms with E-state index in [0.717, 1.165) is 57.5 Å². The molecule has 2 aliphatic carbocycles. The summed E-state index contributed by atoms with van der Waals surface area (Å²) in [6, 6.07) is 0.315. The van der Waals surface area contributed by atoms with Gasteiger partial charge in [-0.3, -0.25) is 4.79 Å². The minimum Gasteiger partial charge on any atom is -0.389 e. The summed E-state index contributed by atoms with van der Waals surface area (Å²) in [5, 5.41) is 13.5. The van der Waals surface area contributed by atoms with Crippen LogP contribution in [0.5, 0.6) is 0 Å². The van der Waals surface area contributed by atoms with E-state index in [1.807, 2.05) is 0 Å². The lowest BCUT2D eigenvalue weighted by molar-refractivity contribution is -0.126. The van der Waals surface area contributed by atoms with Crippen LogP contribution >= 0.6 is 0 Å². The fourth-order valence-electron chi connectivity index (χ4n) is 4.78. The summed E-state index contributed by atoms with van der Waals surface area (Å²) in [6.07, 6.45) is 13.2. The first-order valence-corrected chi connectivity index (χ1v) is 9.87. The molecule has 0 spiro atoms. The van der Waals surface area contributed by atoms with Crippen LogP contribution in [0.4, 0.5) is 0 Å². The van der Waals surface area contributed by atoms with E-state index in [1.165, 1.54) is 38.6 Å². The molecule has 2 N–H and O–H groups in total. The molecule has 3 rings (SSSR count). The summed E-state index contributed by atoms with van der Waals surface area (Å²) in [5.41, 5.74) is -0.717. The smallest absolute Gasteiger partial charge is 0.223 e. The Kier molecular flexibility index (Phi) is 5.97. The van der Waals surface area contributed by atoms with Crippen molar-refractivity contribution in [1.29, 1.82) is 0 Å². The van der Waals surface area contributed by atoms with Gasteiger partial charge in [0.15, 0.2) is 0 Å². The summed E-state index contributed by atoms with van der Waals surface area (Å²) < 4.78 is 0. The van der Waals surface area contributed by atoms with Crippen LogP contribution in [0, 0.1) is 5.92 Å². The Morgan fingerprint density at radius 2 is 1.65 bits per heavy atom. The van der Waals surface area contributed by atoms with E-state index in [4.69, 9.17) is 0 Å². The van der Waals surface area contributed by atoms with Gasteiger partial charge in [0.25, 0.3) is 0 Å². The van der Waals surface area contributed by atoms with Gasteiger partial charge < -0.3 is 15.3 Å². The lowest BCUT2D eigenvalue weighted by Crippen LogP contribution is -2.47. The van der Waals surface area contributed by atoms with Crippen molar-refractivity contribution in [2.45, 2.75) is 88.7 Å². The van der Waals surface area contributed by atoms with Crippen LogP contribution in [0.25, 0.3) is 0 Å². The van der Waals surface area contributed by atoms with Crippen LogP contribution in [0.15, 0.2) is 0 Å². The number of hydrogen-bond acceptors (Lipinski definition) is 3. The number of hydrogen-bond donors (Lipinski definition) is 2. The van der Waals surface area contributed by atoms with Crippen molar-refractivity contribution < 1.29 is 9.90 Å². The standard InChI is InChI=1S/C19H34N2O2/c22-18(14-19(23)10-4-5-11-19)20-17-8-12-21(13-9-17)15-16-6-2-1-3-7-16/h16-17,23H,1-15H2,(H,20,22). The van der Waals surface area contributed by atoms with Crippen LogP contribution in [0.2, 0.25) is 0 Å². The van der Waals surface area contributed by atoms with Gasteiger partial charge in [-0.15, -0.1) is 0 Å². The SMILES string of the molecule is O=C(CC1(O)CCCC1)NC1CCN(CC2CCCCC2)CC1. The molecule has 3 aliphatic rings. The molecule has 0 atom stereocenters. The van der Waals surface area contributed by atoms with E-state index in [9.17, 15) is 9.90 Å². The molecule has 0 aromatic rings. The van der Waals surface area contributed by atoms with Crippen molar-refractivity contribution in [3.63, 3.8) is 0 Å². The van der Waals surface area contributed by atoms with Crippen LogP contribution < -0.4 is 5.32 Å². The maximum Gasteiger partial charge on any atom is 0.223 e. The van der Waals surface area contributed by atoms with E-state index in [1.54, 1.807) is 0 Å². The minimum atomic E-state index is -0.717. The number of nitrogens with zero attached hydrogens (tertiary/aromatic N) is 1. The molecule has 1 amide bonds. The van der Waals surface area contributed by atoms with E-state index >= 15 is 0 Å². The fraction of sp³-hybridized carbons (Fsp3) is 0.947. The molecule has 4 heteroatoms. The van der Waals surface area contributed by atoms with Crippen molar-refractivity contribution in [3.05, 3.63) is 0 Å². The minimum absolute atomic E-state index is 0.0557. The number of carbonyl (C=O) groups is 1. The summed E-state index contributed by atoms with van der Waals surface area (Å²) >= 11 is 0. The average Bonchev–Trinajstić information content (AvgIpc) is 2.96. The molecule has 0 bridgehead atoms. The normalized spacial score (nSPS) is 27.2. The van der Waals surface area contributed by atoms with Crippen LogP contribution in [0.1, 0.15) is 77.0 Å². The molecule has 132 valence electrons. The van der Waals surface area contributed by atoms with Gasteiger partial charge >= 0.3 is 0 Å². The molecule has 3 fully saturated rings. The number of rotatable bonds is 5. The Morgan fingerprint density at radius 3 is 2.30 bits per heavy atom. The summed E-state index contributed by atoms with van der Waals surface area (Å²) in [6.45, 7) is 3.50. The quantitative estimate of drug-likeness (QED) is 0.818. The summed E-state index contributed by atoms with van der Waals surface area (Å²) in [5.74, 6) is 0.964. The third-order valence-electron chi connectivity index (χ3n) is 6.22. The highest BCUT2D eigenvalue weighted by Crippen LogP contribution is 2.32. The van der Waals surface area contributed by atoms with E-state index in [2.05, 4.69) is 10.2 Å². The highest BCUT2D eigenvalue weighted by Gasteiger charge is 2.34. The van der Waals surface area contributed by atoms with E-state index in [0.29, 0.717) is 12.5 Å². The monoisotopic (exact) mass is 322 g/mol. The molecule has 0 aromatic heterocycles. The molecule has 1 aliphatic heterocycles. The summed E-state index contributed by atoms with van der Waals surface area (Å²) in [7, 11) is 0. The number of nitrogens with one attached hydrogen (secondary N) is 1. The van der Waals surface area contributed by atoms with Crippen LogP contribution in [-0.2, 0) is 4.79 Å². The predicted octanol–water partition coefficient (Wildman–Crippen LogP) is 2.84. The molecule has 0 aromatic carbocycles. The molecule has 2 saturated carbocycles. The number of piperidine rings is 1. The first kappa shape index (κ1) is 17.2. The zero-order valence-corrected chi connectivity index (χ0v) is 14.6. The fourth-order valence-corrected chi connectivity index (χ4v) is 4.78. The maximum atomic E-state index is 12.2. The zero-order chi connectivity index (χ0) is 16.1. The second kappa shape index (κ2) is 7.98. The van der Waals surface area contributed by atoms with E-state index in [-0.39, 0.29) is 5.91 Å². The maximum absolute atomic E-state index is 12.2. The lowest BCUT2D eigenvalue weighted by Gasteiger charge is -2.36. The van der Waals surface area contributed by atoms with Gasteiger partial charge in [0.2, 0.25) is 5.91 Å². The van der Waals surface area contributed by atoms with Crippen molar-refractivity contribution in [2.75, 3.05) is 19.6 Å². The van der Waals surface area contributed by atoms with Gasteiger partial charge in [0, 0.05) is 25.7 Å². The predicted molar refractivity (Wildman–Crippen MR) is 92.2 cm³/mol. The Hall–Kier alpha value is -0.610. The first-order chi connectivity index (χ1) is 11.1. The molecular formula is C19H34N2O2. The Labute approximate surface area is 141 Å². The van der Waals surface area contributed by atoms with Gasteiger partial charge in [0.05, 0.1) is 12.0 Å². The number of aliphatic hydroxyl groups is 1. The third-order valence-corrected chi connectivity index (χ3v) is 6.22. The van der Waals surface area contributed by atoms with Crippen molar-refractivity contribution in [3.8, 4) is 0 Å². The van der Waals surface area contributed by atoms with Crippen LogP contribution in [-0.4, -0.2) is 47.2 Å². The number of amides is 1. The van der Waals surface area contributed by atoms with Gasteiger partial charge in [-0.1, -0.05) is 32.1 Å². The average molecular weight is 322 g/mol. The molecule has 4 nitrogen and oxygen atoms in total. The van der Waals surface area contributed by atoms with Crippen molar-refractivity contribution in [1.82, 2.24) is 10.2 Å². The highest BCUT2D eigenvalue weighted by atomic mass is 16.3. The second-order valence-electron chi connectivity index (χ2n) is 8.25. The Bertz CT molecular complexity index is 379. The molecule has 1 saturated heterocycles. The number of carbonyl (C=O) groups excluding carboxylic acids is 1. The first-order valence-electron chi connectivity index (χ1n) is 9.87. The molecular weight excluding hydrogens is 288 g/mol. The highest BCUT2D eigenvalue weighted by molar-refractivity contribution is 5.77. The topological polar surface area (TPSA) is 52.6 Å². The molecule has 23 heavy (non-hydrogen) atoms. The third kappa shape index (κ3) is 5.18. The van der Waals surface area contributed by atoms with Gasteiger partial charge in [0.1, 0.15) is 0 Å². The van der Waals surface area contributed by atoms with Gasteiger partial charge in [-0.2, -0.15) is 0 Å². The largest absolute Gasteiger partial charge is 0.389 e.